The molecule has 0 unspecified atom stereocenters. The van der Waals surface area contributed by atoms with Crippen molar-refractivity contribution in [3.05, 3.63) is 41.8 Å². The summed E-state index contributed by atoms with van der Waals surface area (Å²) in [5.74, 6) is -0.207. The van der Waals surface area contributed by atoms with Gasteiger partial charge in [0.1, 0.15) is 18.8 Å². The first-order valence-electron chi connectivity index (χ1n) is 4.96. The van der Waals surface area contributed by atoms with Crippen molar-refractivity contribution in [2.24, 2.45) is 0 Å². The minimum atomic E-state index is -0.455. The summed E-state index contributed by atoms with van der Waals surface area (Å²) in [5, 5.41) is 0. The molecule has 0 aliphatic carbocycles. The second kappa shape index (κ2) is 4.70. The van der Waals surface area contributed by atoms with Gasteiger partial charge in [0.2, 0.25) is 0 Å². The Hall–Kier alpha value is -1.97. The van der Waals surface area contributed by atoms with Gasteiger partial charge in [-0.2, -0.15) is 0 Å². The minimum absolute atomic E-state index is 0.248. The van der Waals surface area contributed by atoms with Gasteiger partial charge in [-0.1, -0.05) is 30.3 Å². The summed E-state index contributed by atoms with van der Waals surface area (Å²) in [6.45, 7) is 0.922. The summed E-state index contributed by atoms with van der Waals surface area (Å²) in [4.78, 5) is 11.7. The molecule has 4 heteroatoms. The maximum Gasteiger partial charge on any atom is 0.345 e. The molecule has 1 aliphatic heterocycles. The van der Waals surface area contributed by atoms with Gasteiger partial charge in [-0.3, -0.25) is 0 Å². The monoisotopic (exact) mass is 220 g/mol. The summed E-state index contributed by atoms with van der Waals surface area (Å²) >= 11 is 0. The first kappa shape index (κ1) is 10.5. The van der Waals surface area contributed by atoms with E-state index in [4.69, 9.17) is 14.2 Å². The van der Waals surface area contributed by atoms with Gasteiger partial charge in [0.25, 0.3) is 5.95 Å². The standard InChI is InChI=1S/C12H12O4/c1-14-11(13)10(12-15-7-8-16-12)9-5-3-2-4-6-9/h2-6H,7-8H2,1H3. The van der Waals surface area contributed by atoms with Crippen LogP contribution in [-0.2, 0) is 19.0 Å². The Balaban J connectivity index is 2.43. The molecule has 84 valence electrons. The molecule has 0 N–H and O–H groups in total. The van der Waals surface area contributed by atoms with E-state index in [1.54, 1.807) is 0 Å². The van der Waals surface area contributed by atoms with Crippen LogP contribution in [0.25, 0.3) is 5.57 Å². The lowest BCUT2D eigenvalue weighted by molar-refractivity contribution is -0.134. The molecule has 1 aromatic carbocycles. The van der Waals surface area contributed by atoms with Crippen LogP contribution in [0.3, 0.4) is 0 Å². The molecule has 0 spiro atoms. The van der Waals surface area contributed by atoms with Crippen LogP contribution in [0.5, 0.6) is 0 Å². The second-order valence-electron chi connectivity index (χ2n) is 3.22. The number of esters is 1. The molecule has 0 radical (unpaired) electrons. The summed E-state index contributed by atoms with van der Waals surface area (Å²) in [7, 11) is 1.33. The van der Waals surface area contributed by atoms with E-state index in [1.807, 2.05) is 30.3 Å². The fourth-order valence-electron chi connectivity index (χ4n) is 1.48. The minimum Gasteiger partial charge on any atom is -0.465 e. The van der Waals surface area contributed by atoms with Gasteiger partial charge in [-0.05, 0) is 5.56 Å². The molecule has 1 aliphatic rings. The smallest absolute Gasteiger partial charge is 0.345 e. The molecule has 4 nitrogen and oxygen atoms in total. The maximum atomic E-state index is 11.7. The van der Waals surface area contributed by atoms with E-state index in [-0.39, 0.29) is 5.95 Å². The highest BCUT2D eigenvalue weighted by Crippen LogP contribution is 2.24. The van der Waals surface area contributed by atoms with Crippen molar-refractivity contribution >= 4 is 11.5 Å². The zero-order valence-electron chi connectivity index (χ0n) is 8.93. The first-order valence-corrected chi connectivity index (χ1v) is 4.96. The zero-order chi connectivity index (χ0) is 11.4. The number of hydrogen-bond donors (Lipinski definition) is 0. The third-order valence-electron chi connectivity index (χ3n) is 2.21. The quantitative estimate of drug-likeness (QED) is 0.560. The van der Waals surface area contributed by atoms with Gasteiger partial charge in [0.15, 0.2) is 0 Å². The number of ether oxygens (including phenoxy) is 3. The van der Waals surface area contributed by atoms with Crippen LogP contribution in [0.1, 0.15) is 5.56 Å². The fourth-order valence-corrected chi connectivity index (χ4v) is 1.48. The Labute approximate surface area is 93.4 Å². The van der Waals surface area contributed by atoms with Crippen LogP contribution < -0.4 is 0 Å². The Morgan fingerprint density at radius 2 is 1.81 bits per heavy atom. The van der Waals surface area contributed by atoms with E-state index < -0.39 is 5.97 Å². The molecule has 1 saturated heterocycles. The molecule has 0 saturated carbocycles. The lowest BCUT2D eigenvalue weighted by Crippen LogP contribution is -2.07. The average molecular weight is 220 g/mol. The molecule has 0 bridgehead atoms. The van der Waals surface area contributed by atoms with E-state index in [1.165, 1.54) is 7.11 Å². The van der Waals surface area contributed by atoms with Gasteiger partial charge in [-0.25, -0.2) is 4.79 Å². The van der Waals surface area contributed by atoms with E-state index in [0.717, 1.165) is 5.56 Å². The predicted molar refractivity (Wildman–Crippen MR) is 57.3 cm³/mol. The van der Waals surface area contributed by atoms with Crippen molar-refractivity contribution in [2.75, 3.05) is 20.3 Å². The Morgan fingerprint density at radius 1 is 1.19 bits per heavy atom. The van der Waals surface area contributed by atoms with Crippen molar-refractivity contribution in [1.82, 2.24) is 0 Å². The number of rotatable bonds is 2. The van der Waals surface area contributed by atoms with E-state index in [2.05, 4.69) is 0 Å². The van der Waals surface area contributed by atoms with Crippen LogP contribution in [0.4, 0.5) is 0 Å². The third kappa shape index (κ3) is 2.00. The molecule has 0 amide bonds. The second-order valence-corrected chi connectivity index (χ2v) is 3.22. The fraction of sp³-hybridized carbons (Fsp3) is 0.250. The highest BCUT2D eigenvalue weighted by Gasteiger charge is 2.24. The Morgan fingerprint density at radius 3 is 2.38 bits per heavy atom. The number of hydrogen-bond acceptors (Lipinski definition) is 4. The topological polar surface area (TPSA) is 44.8 Å². The molecule has 16 heavy (non-hydrogen) atoms. The van der Waals surface area contributed by atoms with Gasteiger partial charge in [0, 0.05) is 0 Å². The summed E-state index contributed by atoms with van der Waals surface area (Å²) in [6, 6.07) is 9.18. The number of carbonyl (C=O) groups excluding carboxylic acids is 1. The van der Waals surface area contributed by atoms with Gasteiger partial charge in [-0.15, -0.1) is 0 Å². The SMILES string of the molecule is COC(=O)C(=C1OCCO1)c1ccccc1. The van der Waals surface area contributed by atoms with Crippen molar-refractivity contribution in [1.29, 1.82) is 0 Å². The lowest BCUT2D eigenvalue weighted by atomic mass is 10.1. The summed E-state index contributed by atoms with van der Waals surface area (Å²) in [5.41, 5.74) is 1.06. The maximum absolute atomic E-state index is 11.7. The van der Waals surface area contributed by atoms with Crippen molar-refractivity contribution in [3.8, 4) is 0 Å². The summed E-state index contributed by atoms with van der Waals surface area (Å²) < 4.78 is 15.2. The van der Waals surface area contributed by atoms with Crippen LogP contribution >= 0.6 is 0 Å². The number of methoxy groups -OCH3 is 1. The molecule has 1 aromatic rings. The largest absolute Gasteiger partial charge is 0.465 e. The Bertz CT molecular complexity index is 400. The molecular weight excluding hydrogens is 208 g/mol. The van der Waals surface area contributed by atoms with Gasteiger partial charge < -0.3 is 14.2 Å². The molecule has 1 fully saturated rings. The molecule has 0 aromatic heterocycles. The molecular formula is C12H12O4. The van der Waals surface area contributed by atoms with E-state index in [0.29, 0.717) is 18.8 Å². The van der Waals surface area contributed by atoms with E-state index >= 15 is 0 Å². The third-order valence-corrected chi connectivity index (χ3v) is 2.21. The highest BCUT2D eigenvalue weighted by atomic mass is 16.7. The van der Waals surface area contributed by atoms with Gasteiger partial charge in [0.05, 0.1) is 7.11 Å². The number of benzene rings is 1. The highest BCUT2D eigenvalue weighted by molar-refractivity contribution is 6.16. The molecule has 0 atom stereocenters. The number of carbonyl (C=O) groups is 1. The Kier molecular flexibility index (Phi) is 3.10. The van der Waals surface area contributed by atoms with Crippen molar-refractivity contribution < 1.29 is 19.0 Å². The van der Waals surface area contributed by atoms with Crippen LogP contribution in [0.2, 0.25) is 0 Å². The zero-order valence-corrected chi connectivity index (χ0v) is 8.93. The van der Waals surface area contributed by atoms with Crippen molar-refractivity contribution in [3.63, 3.8) is 0 Å². The molecule has 2 rings (SSSR count). The van der Waals surface area contributed by atoms with Gasteiger partial charge >= 0.3 is 5.97 Å². The average Bonchev–Trinajstić information content (AvgIpc) is 2.84. The predicted octanol–water partition coefficient (Wildman–Crippen LogP) is 1.57. The van der Waals surface area contributed by atoms with Crippen LogP contribution in [0, 0.1) is 0 Å². The van der Waals surface area contributed by atoms with E-state index in [9.17, 15) is 4.79 Å². The molecule has 1 heterocycles. The van der Waals surface area contributed by atoms with Crippen LogP contribution in [-0.4, -0.2) is 26.3 Å². The first-order chi connectivity index (χ1) is 7.83. The van der Waals surface area contributed by atoms with Crippen LogP contribution in [0.15, 0.2) is 36.3 Å². The summed E-state index contributed by atoms with van der Waals surface area (Å²) in [6.07, 6.45) is 0. The lowest BCUT2D eigenvalue weighted by Gasteiger charge is -2.07. The normalized spacial score (nSPS) is 13.9. The van der Waals surface area contributed by atoms with Crippen molar-refractivity contribution in [2.45, 2.75) is 0 Å².